The average Bonchev–Trinajstić information content (AvgIpc) is 2.96. The third-order valence-electron chi connectivity index (χ3n) is 5.77. The zero-order valence-corrected chi connectivity index (χ0v) is 20.6. The highest BCUT2D eigenvalue weighted by Gasteiger charge is 2.51. The molecule has 3 rings (SSSR count). The maximum absolute atomic E-state index is 13.7. The second kappa shape index (κ2) is 11.1. The summed E-state index contributed by atoms with van der Waals surface area (Å²) in [7, 11) is 0. The number of carbonyl (C=O) groups is 5. The summed E-state index contributed by atoms with van der Waals surface area (Å²) >= 11 is 0. The molecule has 1 atom stereocenters. The predicted molar refractivity (Wildman–Crippen MR) is 132 cm³/mol. The highest BCUT2D eigenvalue weighted by atomic mass is 19.1. The lowest BCUT2D eigenvalue weighted by atomic mass is 10.0. The van der Waals surface area contributed by atoms with E-state index in [9.17, 15) is 28.4 Å². The predicted octanol–water partition coefficient (Wildman–Crippen LogP) is 2.99. The first kappa shape index (κ1) is 27.1. The number of hydrogen-bond acceptors (Lipinski definition) is 5. The van der Waals surface area contributed by atoms with Gasteiger partial charge in [0.25, 0.3) is 5.91 Å². The van der Waals surface area contributed by atoms with Crippen LogP contribution in [0.5, 0.6) is 0 Å². The minimum atomic E-state index is -1.22. The monoisotopic (exact) mass is 513 g/mol. The van der Waals surface area contributed by atoms with Crippen molar-refractivity contribution < 1.29 is 33.5 Å². The number of nitrogens with zero attached hydrogens (tertiary/aromatic N) is 2. The quantitative estimate of drug-likeness (QED) is 0.379. The first-order chi connectivity index (χ1) is 17.4. The summed E-state index contributed by atoms with van der Waals surface area (Å²) in [5.74, 6) is -2.85. The van der Waals surface area contributed by atoms with Crippen LogP contribution in [0.4, 0.5) is 25.4 Å². The van der Waals surface area contributed by atoms with Crippen LogP contribution in [0.1, 0.15) is 32.8 Å². The lowest BCUT2D eigenvalue weighted by molar-refractivity contribution is -0.138. The number of carbonyl (C=O) groups excluding carboxylic acids is 4. The molecule has 196 valence electrons. The Hall–Kier alpha value is -4.48. The summed E-state index contributed by atoms with van der Waals surface area (Å²) in [6.45, 7) is 4.19. The van der Waals surface area contributed by atoms with Crippen LogP contribution in [-0.2, 0) is 20.9 Å². The first-order valence-corrected chi connectivity index (χ1v) is 11.4. The van der Waals surface area contributed by atoms with Crippen LogP contribution in [-0.4, -0.2) is 62.9 Å². The van der Waals surface area contributed by atoms with E-state index in [-0.39, 0.29) is 18.7 Å². The van der Waals surface area contributed by atoms with Crippen molar-refractivity contribution in [2.75, 3.05) is 17.2 Å². The van der Waals surface area contributed by atoms with Crippen LogP contribution in [0.25, 0.3) is 0 Å². The number of carboxylic acid groups (broad SMARTS) is 1. The first-order valence-electron chi connectivity index (χ1n) is 11.4. The molecule has 0 aliphatic carbocycles. The van der Waals surface area contributed by atoms with E-state index in [0.29, 0.717) is 11.3 Å². The second-order valence-corrected chi connectivity index (χ2v) is 9.14. The highest BCUT2D eigenvalue weighted by molar-refractivity contribution is 6.08. The number of carboxylic acids is 1. The molecule has 0 unspecified atom stereocenters. The smallest absolute Gasteiger partial charge is 0.328 e. The van der Waals surface area contributed by atoms with Gasteiger partial charge in [-0.15, -0.1) is 0 Å². The Bertz CT molecular complexity index is 1220. The topological polar surface area (TPSA) is 148 Å². The van der Waals surface area contributed by atoms with E-state index in [2.05, 4.69) is 16.0 Å². The van der Waals surface area contributed by atoms with E-state index in [0.717, 1.165) is 4.90 Å². The van der Waals surface area contributed by atoms with Gasteiger partial charge in [-0.25, -0.2) is 14.0 Å². The lowest BCUT2D eigenvalue weighted by Gasteiger charge is -2.27. The number of imide groups is 1. The average molecular weight is 514 g/mol. The number of nitrogens with one attached hydrogen (secondary N) is 3. The fraction of sp³-hybridized carbons (Fsp3) is 0.320. The molecule has 0 spiro atoms. The Balaban J connectivity index is 1.61. The van der Waals surface area contributed by atoms with E-state index in [1.807, 2.05) is 0 Å². The zero-order valence-electron chi connectivity index (χ0n) is 20.6. The Labute approximate surface area is 212 Å². The van der Waals surface area contributed by atoms with Gasteiger partial charge in [0.05, 0.1) is 12.1 Å². The SMILES string of the molecule is C[C@H](CC(=O)O)NC(=O)CN1C(=O)N(Cc2ccc(NC(=O)Nc3ccccc3F)cc2)C(C)(C)C1=O. The number of hydrogen-bond donors (Lipinski definition) is 4. The number of halogens is 1. The number of benzene rings is 2. The Morgan fingerprint density at radius 3 is 2.30 bits per heavy atom. The van der Waals surface area contributed by atoms with Crippen molar-refractivity contribution >= 4 is 41.2 Å². The van der Waals surface area contributed by atoms with Crippen molar-refractivity contribution in [3.63, 3.8) is 0 Å². The maximum Gasteiger partial charge on any atom is 0.328 e. The molecule has 4 N–H and O–H groups in total. The Morgan fingerprint density at radius 2 is 1.68 bits per heavy atom. The number of urea groups is 2. The maximum atomic E-state index is 13.7. The van der Waals surface area contributed by atoms with Crippen molar-refractivity contribution in [3.8, 4) is 0 Å². The molecule has 1 aliphatic rings. The van der Waals surface area contributed by atoms with Crippen LogP contribution in [0.15, 0.2) is 48.5 Å². The molecule has 2 aromatic rings. The molecule has 1 saturated heterocycles. The Kier molecular flexibility index (Phi) is 8.11. The standard InChI is InChI=1S/C25H28FN5O6/c1-15(12-21(33)34)27-20(32)14-30-22(35)25(2,3)31(24(30)37)13-16-8-10-17(11-9-16)28-23(36)29-19-7-5-4-6-18(19)26/h4-11,15H,12-14H2,1-3H3,(H,27,32)(H,33,34)(H2,28,29,36)/t15-/m1/s1. The van der Waals surface area contributed by atoms with Crippen LogP contribution in [0.3, 0.4) is 0 Å². The van der Waals surface area contributed by atoms with Gasteiger partial charge in [0.15, 0.2) is 0 Å². The van der Waals surface area contributed by atoms with E-state index >= 15 is 0 Å². The third-order valence-corrected chi connectivity index (χ3v) is 5.77. The largest absolute Gasteiger partial charge is 0.481 e. The minimum Gasteiger partial charge on any atom is -0.481 e. The van der Waals surface area contributed by atoms with Gasteiger partial charge in [-0.1, -0.05) is 24.3 Å². The highest BCUT2D eigenvalue weighted by Crippen LogP contribution is 2.29. The lowest BCUT2D eigenvalue weighted by Crippen LogP contribution is -2.45. The number of amides is 6. The normalized spacial score (nSPS) is 15.4. The van der Waals surface area contributed by atoms with Gasteiger partial charge >= 0.3 is 18.0 Å². The number of anilines is 2. The molecule has 0 saturated carbocycles. The van der Waals surface area contributed by atoms with Gasteiger partial charge in [-0.2, -0.15) is 0 Å². The summed E-state index contributed by atoms with van der Waals surface area (Å²) in [6, 6.07) is 10.3. The fourth-order valence-corrected chi connectivity index (χ4v) is 3.82. The minimum absolute atomic E-state index is 0.0330. The van der Waals surface area contributed by atoms with Gasteiger partial charge in [-0.05, 0) is 50.6 Å². The summed E-state index contributed by atoms with van der Waals surface area (Å²) in [4.78, 5) is 63.3. The molecule has 0 radical (unpaired) electrons. The molecule has 12 heteroatoms. The molecule has 1 aliphatic heterocycles. The number of para-hydroxylation sites is 1. The molecule has 37 heavy (non-hydrogen) atoms. The fourth-order valence-electron chi connectivity index (χ4n) is 3.82. The van der Waals surface area contributed by atoms with Crippen molar-refractivity contribution in [3.05, 3.63) is 59.9 Å². The summed E-state index contributed by atoms with van der Waals surface area (Å²) in [5, 5.41) is 16.3. The molecule has 2 aromatic carbocycles. The summed E-state index contributed by atoms with van der Waals surface area (Å²) < 4.78 is 13.7. The molecular formula is C25H28FN5O6. The van der Waals surface area contributed by atoms with Crippen molar-refractivity contribution in [1.82, 2.24) is 15.1 Å². The van der Waals surface area contributed by atoms with Crippen LogP contribution >= 0.6 is 0 Å². The van der Waals surface area contributed by atoms with Gasteiger partial charge < -0.3 is 26.0 Å². The third kappa shape index (κ3) is 6.60. The number of aliphatic carboxylic acids is 1. The van der Waals surface area contributed by atoms with Gasteiger partial charge in [0.2, 0.25) is 5.91 Å². The summed E-state index contributed by atoms with van der Waals surface area (Å²) in [6.07, 6.45) is -0.291. The Morgan fingerprint density at radius 1 is 1.03 bits per heavy atom. The van der Waals surface area contributed by atoms with Crippen molar-refractivity contribution in [2.24, 2.45) is 0 Å². The van der Waals surface area contributed by atoms with E-state index in [4.69, 9.17) is 5.11 Å². The molecule has 6 amide bonds. The summed E-state index contributed by atoms with van der Waals surface area (Å²) in [5.41, 5.74) is -0.101. The zero-order chi connectivity index (χ0) is 27.3. The van der Waals surface area contributed by atoms with Crippen molar-refractivity contribution in [1.29, 1.82) is 0 Å². The van der Waals surface area contributed by atoms with E-state index in [1.165, 1.54) is 30.0 Å². The molecule has 0 bridgehead atoms. The molecule has 0 aromatic heterocycles. The van der Waals surface area contributed by atoms with Gasteiger partial charge in [0, 0.05) is 18.3 Å². The molecule has 1 heterocycles. The second-order valence-electron chi connectivity index (χ2n) is 9.14. The van der Waals surface area contributed by atoms with Crippen LogP contribution in [0, 0.1) is 5.82 Å². The van der Waals surface area contributed by atoms with Gasteiger partial charge in [0.1, 0.15) is 17.9 Å². The molecule has 1 fully saturated rings. The van der Waals surface area contributed by atoms with Crippen LogP contribution < -0.4 is 16.0 Å². The van der Waals surface area contributed by atoms with E-state index in [1.54, 1.807) is 44.2 Å². The molecular weight excluding hydrogens is 485 g/mol. The number of rotatable bonds is 9. The van der Waals surface area contributed by atoms with Crippen LogP contribution in [0.2, 0.25) is 0 Å². The van der Waals surface area contributed by atoms with Crippen molar-refractivity contribution in [2.45, 2.75) is 45.3 Å². The van der Waals surface area contributed by atoms with Gasteiger partial charge in [-0.3, -0.25) is 19.3 Å². The van der Waals surface area contributed by atoms with E-state index < -0.39 is 53.8 Å². The molecule has 11 nitrogen and oxygen atoms in total.